The molecule has 7 nitrogen and oxygen atoms in total. The van der Waals surface area contributed by atoms with Gasteiger partial charge in [-0.15, -0.1) is 0 Å². The molecule has 1 aliphatic heterocycles. The highest BCUT2D eigenvalue weighted by Crippen LogP contribution is 2.43. The standard InChI is InChI=1S/C24H26N6O/c1-24(21-20(15-29(2)28-21)22(31)30(3)23(26)27-24)19-9-5-8-18(13-19)12-16-6-4-7-17(14-25)11-10-16/h4-9,11,15,19H,10,12-13H2,1-3H3,(H2,26,27). The molecule has 2 heterocycles. The first-order valence-corrected chi connectivity index (χ1v) is 10.3. The fourth-order valence-electron chi connectivity index (χ4n) is 4.36. The third-order valence-electron chi connectivity index (χ3n) is 6.19. The summed E-state index contributed by atoms with van der Waals surface area (Å²) in [5, 5.41) is 13.7. The molecule has 0 saturated carbocycles. The number of hydrogen-bond donors (Lipinski definition) is 1. The number of carbonyl (C=O) groups is 1. The third kappa shape index (κ3) is 3.77. The first-order valence-electron chi connectivity index (χ1n) is 10.3. The molecule has 0 fully saturated rings. The Labute approximate surface area is 182 Å². The smallest absolute Gasteiger partial charge is 0.263 e. The van der Waals surface area contributed by atoms with Crippen LogP contribution in [0.4, 0.5) is 0 Å². The van der Waals surface area contributed by atoms with E-state index in [1.165, 1.54) is 16.0 Å². The van der Waals surface area contributed by atoms with E-state index in [4.69, 9.17) is 16.0 Å². The van der Waals surface area contributed by atoms with E-state index in [2.05, 4.69) is 35.5 Å². The minimum absolute atomic E-state index is 0.00568. The van der Waals surface area contributed by atoms with Crippen LogP contribution in [0.2, 0.25) is 0 Å². The van der Waals surface area contributed by atoms with E-state index in [1.807, 2.05) is 32.2 Å². The number of nitrogens with zero attached hydrogens (tertiary/aromatic N) is 5. The molecule has 1 amide bonds. The molecule has 0 saturated heterocycles. The minimum atomic E-state index is -0.761. The minimum Gasteiger partial charge on any atom is -0.369 e. The number of aliphatic imine (C=N–C) groups is 1. The average Bonchev–Trinajstić information content (AvgIpc) is 2.99. The molecule has 2 aliphatic carbocycles. The van der Waals surface area contributed by atoms with Gasteiger partial charge in [0.2, 0.25) is 0 Å². The molecule has 2 unspecified atom stereocenters. The monoisotopic (exact) mass is 414 g/mol. The SMILES string of the molecule is CN1C(=O)c2cn(C)nc2C(C)(C2C=CC=C(CC3=CC=CC(C#N)=CC3)C2)N=C1N. The Morgan fingerprint density at radius 3 is 2.84 bits per heavy atom. The molecule has 0 aromatic carbocycles. The maximum atomic E-state index is 12.9. The average molecular weight is 415 g/mol. The quantitative estimate of drug-likeness (QED) is 0.820. The Kier molecular flexibility index (Phi) is 5.24. The van der Waals surface area contributed by atoms with Crippen LogP contribution in [0.5, 0.6) is 0 Å². The summed E-state index contributed by atoms with van der Waals surface area (Å²) in [6.45, 7) is 2.01. The van der Waals surface area contributed by atoms with Gasteiger partial charge in [-0.1, -0.05) is 47.6 Å². The Morgan fingerprint density at radius 2 is 2.06 bits per heavy atom. The van der Waals surface area contributed by atoms with Crippen LogP contribution in [0.15, 0.2) is 70.4 Å². The van der Waals surface area contributed by atoms with Gasteiger partial charge in [-0.25, -0.2) is 4.99 Å². The van der Waals surface area contributed by atoms with Gasteiger partial charge < -0.3 is 5.73 Å². The highest BCUT2D eigenvalue weighted by atomic mass is 16.2. The van der Waals surface area contributed by atoms with Crippen molar-refractivity contribution in [1.82, 2.24) is 14.7 Å². The zero-order chi connectivity index (χ0) is 22.2. The van der Waals surface area contributed by atoms with Crippen LogP contribution in [0.1, 0.15) is 42.2 Å². The molecule has 2 N–H and O–H groups in total. The van der Waals surface area contributed by atoms with E-state index in [0.717, 1.165) is 19.3 Å². The first kappa shape index (κ1) is 20.6. The second-order valence-electron chi connectivity index (χ2n) is 8.40. The number of nitrogens with two attached hydrogens (primary N) is 1. The van der Waals surface area contributed by atoms with Crippen LogP contribution in [0, 0.1) is 17.2 Å². The van der Waals surface area contributed by atoms with E-state index < -0.39 is 5.54 Å². The lowest BCUT2D eigenvalue weighted by molar-refractivity contribution is 0.0870. The zero-order valence-corrected chi connectivity index (χ0v) is 18.0. The number of aromatic nitrogens is 2. The fourth-order valence-corrected chi connectivity index (χ4v) is 4.36. The van der Waals surface area contributed by atoms with Crippen LogP contribution >= 0.6 is 0 Å². The van der Waals surface area contributed by atoms with Gasteiger partial charge in [-0.2, -0.15) is 10.4 Å². The van der Waals surface area contributed by atoms with E-state index in [0.29, 0.717) is 16.8 Å². The molecule has 0 bridgehead atoms. The molecule has 7 heteroatoms. The first-order chi connectivity index (χ1) is 14.8. The Bertz CT molecular complexity index is 1150. The second kappa shape index (κ2) is 7.88. The van der Waals surface area contributed by atoms with E-state index in [9.17, 15) is 4.79 Å². The lowest BCUT2D eigenvalue weighted by atomic mass is 9.75. The van der Waals surface area contributed by atoms with Crippen molar-refractivity contribution in [3.8, 4) is 6.07 Å². The number of guanidine groups is 1. The number of nitriles is 1. The number of amides is 1. The third-order valence-corrected chi connectivity index (χ3v) is 6.19. The van der Waals surface area contributed by atoms with Crippen molar-refractivity contribution in [2.24, 2.45) is 23.7 Å². The van der Waals surface area contributed by atoms with Gasteiger partial charge in [0, 0.05) is 31.8 Å². The number of allylic oxidation sites excluding steroid dienone is 9. The Morgan fingerprint density at radius 1 is 1.29 bits per heavy atom. The highest BCUT2D eigenvalue weighted by molar-refractivity contribution is 6.06. The summed E-state index contributed by atoms with van der Waals surface area (Å²) < 4.78 is 1.66. The topological polar surface area (TPSA) is 100 Å². The van der Waals surface area contributed by atoms with Crippen molar-refractivity contribution in [1.29, 1.82) is 5.26 Å². The maximum absolute atomic E-state index is 12.9. The summed E-state index contributed by atoms with van der Waals surface area (Å²) in [7, 11) is 3.45. The summed E-state index contributed by atoms with van der Waals surface area (Å²) in [5.41, 5.74) is 9.83. The van der Waals surface area contributed by atoms with Crippen LogP contribution < -0.4 is 5.73 Å². The molecule has 31 heavy (non-hydrogen) atoms. The predicted molar refractivity (Wildman–Crippen MR) is 120 cm³/mol. The van der Waals surface area contributed by atoms with Crippen molar-refractivity contribution in [2.75, 3.05) is 7.05 Å². The Hall–Kier alpha value is -3.66. The molecular weight excluding hydrogens is 388 g/mol. The number of rotatable bonds is 3. The molecule has 3 aliphatic rings. The molecule has 1 aromatic heterocycles. The van der Waals surface area contributed by atoms with Crippen molar-refractivity contribution >= 4 is 11.9 Å². The van der Waals surface area contributed by atoms with Crippen molar-refractivity contribution < 1.29 is 4.79 Å². The van der Waals surface area contributed by atoms with Crippen LogP contribution in [0.3, 0.4) is 0 Å². The summed E-state index contributed by atoms with van der Waals surface area (Å²) in [5.74, 6) is 0.00804. The molecule has 0 spiro atoms. The number of hydrogen-bond acceptors (Lipinski definition) is 5. The lowest BCUT2D eigenvalue weighted by Crippen LogP contribution is -2.39. The van der Waals surface area contributed by atoms with Gasteiger partial charge >= 0.3 is 0 Å². The molecule has 1 aromatic rings. The van der Waals surface area contributed by atoms with Gasteiger partial charge in [0.25, 0.3) is 5.91 Å². The molecule has 0 radical (unpaired) electrons. The zero-order valence-electron chi connectivity index (χ0n) is 18.0. The van der Waals surface area contributed by atoms with Crippen LogP contribution in [0.25, 0.3) is 0 Å². The summed E-state index contributed by atoms with van der Waals surface area (Å²) >= 11 is 0. The van der Waals surface area contributed by atoms with Crippen LogP contribution in [-0.2, 0) is 12.6 Å². The summed E-state index contributed by atoms with van der Waals surface area (Å²) in [6.07, 6.45) is 18.3. The van der Waals surface area contributed by atoms with Gasteiger partial charge in [-0.3, -0.25) is 14.4 Å². The van der Waals surface area contributed by atoms with Crippen LogP contribution in [-0.4, -0.2) is 33.6 Å². The highest BCUT2D eigenvalue weighted by Gasteiger charge is 2.44. The normalized spacial score (nSPS) is 25.5. The van der Waals surface area contributed by atoms with Gasteiger partial charge in [0.05, 0.1) is 11.6 Å². The maximum Gasteiger partial charge on any atom is 0.263 e. The fraction of sp³-hybridized carbons (Fsp3) is 0.333. The van der Waals surface area contributed by atoms with Gasteiger partial charge in [-0.05, 0) is 32.3 Å². The molecular formula is C24H26N6O. The predicted octanol–water partition coefficient (Wildman–Crippen LogP) is 3.26. The van der Waals surface area contributed by atoms with Gasteiger partial charge in [0.15, 0.2) is 5.96 Å². The van der Waals surface area contributed by atoms with E-state index in [-0.39, 0.29) is 17.8 Å². The number of aryl methyl sites for hydroxylation is 1. The van der Waals surface area contributed by atoms with Crippen molar-refractivity contribution in [2.45, 2.75) is 31.7 Å². The molecule has 2 atom stereocenters. The molecule has 4 rings (SSSR count). The van der Waals surface area contributed by atoms with E-state index in [1.54, 1.807) is 17.9 Å². The second-order valence-corrected chi connectivity index (χ2v) is 8.40. The van der Waals surface area contributed by atoms with Gasteiger partial charge in [0.1, 0.15) is 11.2 Å². The van der Waals surface area contributed by atoms with Crippen molar-refractivity contribution in [3.05, 3.63) is 76.7 Å². The Balaban J connectivity index is 1.63. The lowest BCUT2D eigenvalue weighted by Gasteiger charge is -2.33. The summed E-state index contributed by atoms with van der Waals surface area (Å²) in [6, 6.07) is 2.20. The molecule has 158 valence electrons. The van der Waals surface area contributed by atoms with Crippen molar-refractivity contribution in [3.63, 3.8) is 0 Å². The number of fused-ring (bicyclic) bond motifs is 1. The number of carbonyl (C=O) groups excluding carboxylic acids is 1. The van der Waals surface area contributed by atoms with E-state index >= 15 is 0 Å². The largest absolute Gasteiger partial charge is 0.369 e. The summed E-state index contributed by atoms with van der Waals surface area (Å²) in [4.78, 5) is 19.1.